The lowest BCUT2D eigenvalue weighted by Gasteiger charge is -2.16. The molecule has 1 nitrogen and oxygen atoms in total. The Kier molecular flexibility index (Phi) is 13.1. The second-order valence-corrected chi connectivity index (χ2v) is 6.76. The molecule has 0 saturated carbocycles. The first kappa shape index (κ1) is 18.7. The van der Waals surface area contributed by atoms with Crippen molar-refractivity contribution in [2.24, 2.45) is 0 Å². The quantitative estimate of drug-likeness (QED) is 0.508. The maximum absolute atomic E-state index is 6.06. The van der Waals surface area contributed by atoms with Gasteiger partial charge in [0.15, 0.2) is 0 Å². The summed E-state index contributed by atoms with van der Waals surface area (Å²) in [5, 5.41) is 0. The number of rotatable bonds is 2. The summed E-state index contributed by atoms with van der Waals surface area (Å²) in [6, 6.07) is 0. The smallest absolute Gasteiger partial charge is 0.0609 e. The lowest BCUT2D eigenvalue weighted by atomic mass is 10.0. The van der Waals surface area contributed by atoms with E-state index in [9.17, 15) is 0 Å². The molecule has 21 heavy (non-hydrogen) atoms. The van der Waals surface area contributed by atoms with Gasteiger partial charge in [-0.25, -0.2) is 0 Å². The highest BCUT2D eigenvalue weighted by Crippen LogP contribution is 2.16. The molecule has 0 radical (unpaired) electrons. The van der Waals surface area contributed by atoms with Gasteiger partial charge in [0.2, 0.25) is 0 Å². The van der Waals surface area contributed by atoms with E-state index in [1.165, 1.54) is 96.3 Å². The Labute approximate surface area is 133 Å². The summed E-state index contributed by atoms with van der Waals surface area (Å²) < 4.78 is 6.06. The highest BCUT2D eigenvalue weighted by atomic mass is 16.5. The van der Waals surface area contributed by atoms with E-state index in [-0.39, 0.29) is 0 Å². The maximum Gasteiger partial charge on any atom is 0.0609 e. The van der Waals surface area contributed by atoms with E-state index < -0.39 is 0 Å². The van der Waals surface area contributed by atoms with Gasteiger partial charge < -0.3 is 4.74 Å². The van der Waals surface area contributed by atoms with E-state index in [4.69, 9.17) is 4.74 Å². The fraction of sp³-hybridized carbons (Fsp3) is 0.900. The zero-order valence-electron chi connectivity index (χ0n) is 14.3. The van der Waals surface area contributed by atoms with Gasteiger partial charge in [0.25, 0.3) is 0 Å². The summed E-state index contributed by atoms with van der Waals surface area (Å²) in [7, 11) is 0. The van der Waals surface area contributed by atoms with Gasteiger partial charge in [0.05, 0.1) is 6.10 Å². The predicted octanol–water partition coefficient (Wildman–Crippen LogP) is 6.81. The van der Waals surface area contributed by atoms with Crippen LogP contribution in [0, 0.1) is 0 Å². The van der Waals surface area contributed by atoms with Gasteiger partial charge in [-0.1, -0.05) is 89.5 Å². The average Bonchev–Trinajstić information content (AvgIpc) is 2.49. The number of ether oxygens (including phenoxy) is 1. The van der Waals surface area contributed by atoms with E-state index in [0.717, 1.165) is 13.0 Å². The van der Waals surface area contributed by atoms with Gasteiger partial charge in [-0.2, -0.15) is 0 Å². The summed E-state index contributed by atoms with van der Waals surface area (Å²) >= 11 is 0. The van der Waals surface area contributed by atoms with Crippen molar-refractivity contribution in [1.82, 2.24) is 0 Å². The molecular weight excluding hydrogens is 256 g/mol. The molecule has 1 heteroatoms. The van der Waals surface area contributed by atoms with Crippen LogP contribution in [0.4, 0.5) is 0 Å². The molecule has 0 aromatic heterocycles. The lowest BCUT2D eigenvalue weighted by Crippen LogP contribution is -2.13. The minimum atomic E-state index is 0.432. The molecule has 1 aliphatic rings. The molecule has 1 unspecified atom stereocenters. The topological polar surface area (TPSA) is 9.23 Å². The Hall–Kier alpha value is -0.300. The first-order valence-electron chi connectivity index (χ1n) is 9.66. The van der Waals surface area contributed by atoms with Crippen molar-refractivity contribution in [1.29, 1.82) is 0 Å². The molecule has 1 rings (SSSR count). The third-order valence-corrected chi connectivity index (χ3v) is 4.70. The predicted molar refractivity (Wildman–Crippen MR) is 93.8 cm³/mol. The molecule has 0 N–H and O–H groups in total. The van der Waals surface area contributed by atoms with Crippen LogP contribution in [0.3, 0.4) is 0 Å². The van der Waals surface area contributed by atoms with Crippen molar-refractivity contribution < 1.29 is 4.74 Å². The normalized spacial score (nSPS) is 25.6. The molecule has 1 aliphatic heterocycles. The van der Waals surface area contributed by atoms with Crippen molar-refractivity contribution in [3.8, 4) is 0 Å². The van der Waals surface area contributed by atoms with Crippen molar-refractivity contribution in [2.75, 3.05) is 6.61 Å². The highest BCUT2D eigenvalue weighted by Gasteiger charge is 2.07. The van der Waals surface area contributed by atoms with Gasteiger partial charge >= 0.3 is 0 Å². The molecule has 0 amide bonds. The molecule has 124 valence electrons. The molecule has 1 atom stereocenters. The first-order valence-corrected chi connectivity index (χ1v) is 9.66. The van der Waals surface area contributed by atoms with Crippen molar-refractivity contribution in [2.45, 2.75) is 109 Å². The molecule has 1 fully saturated rings. The zero-order chi connectivity index (χ0) is 15.0. The summed E-state index contributed by atoms with van der Waals surface area (Å²) in [4.78, 5) is 0. The van der Waals surface area contributed by atoms with Gasteiger partial charge in [0.1, 0.15) is 0 Å². The Bertz CT molecular complexity index is 206. The van der Waals surface area contributed by atoms with Crippen molar-refractivity contribution >= 4 is 0 Å². The second-order valence-electron chi connectivity index (χ2n) is 6.76. The van der Waals surface area contributed by atoms with E-state index in [0.29, 0.717) is 6.10 Å². The fourth-order valence-electron chi connectivity index (χ4n) is 3.30. The minimum Gasteiger partial charge on any atom is -0.378 e. The fourth-order valence-corrected chi connectivity index (χ4v) is 3.30. The minimum absolute atomic E-state index is 0.432. The summed E-state index contributed by atoms with van der Waals surface area (Å²) in [6.07, 6.45) is 24.4. The lowest BCUT2D eigenvalue weighted by molar-refractivity contribution is 0.0451. The monoisotopic (exact) mass is 294 g/mol. The molecule has 1 saturated heterocycles. The molecule has 0 aromatic rings. The standard InChI is InChI=1S/C20H38O/c1-2-17-20-18-15-13-11-9-7-5-3-4-6-8-10-12-14-16-19-21-20/h2,20H,1,3-19H2. The van der Waals surface area contributed by atoms with Crippen LogP contribution in [-0.2, 0) is 4.74 Å². The molecule has 0 aliphatic carbocycles. The third-order valence-electron chi connectivity index (χ3n) is 4.70. The summed E-state index contributed by atoms with van der Waals surface area (Å²) in [6.45, 7) is 4.83. The van der Waals surface area contributed by atoms with E-state index in [1.807, 2.05) is 6.08 Å². The number of hydrogen-bond donors (Lipinski definition) is 0. The van der Waals surface area contributed by atoms with Gasteiger partial charge in [-0.3, -0.25) is 0 Å². The Balaban J connectivity index is 2.19. The average molecular weight is 295 g/mol. The van der Waals surface area contributed by atoms with Crippen LogP contribution in [0.25, 0.3) is 0 Å². The second kappa shape index (κ2) is 14.6. The SMILES string of the molecule is C=CCC1CCCCCCCCCCCCCCCCO1. The Morgan fingerprint density at radius 2 is 1.10 bits per heavy atom. The van der Waals surface area contributed by atoms with Gasteiger partial charge in [0, 0.05) is 6.61 Å². The zero-order valence-corrected chi connectivity index (χ0v) is 14.3. The van der Waals surface area contributed by atoms with E-state index in [1.54, 1.807) is 0 Å². The molecule has 1 heterocycles. The molecular formula is C20H38O. The van der Waals surface area contributed by atoms with Crippen molar-refractivity contribution in [3.63, 3.8) is 0 Å². The highest BCUT2D eigenvalue weighted by molar-refractivity contribution is 4.73. The van der Waals surface area contributed by atoms with Crippen molar-refractivity contribution in [3.05, 3.63) is 12.7 Å². The third kappa shape index (κ3) is 12.0. The summed E-state index contributed by atoms with van der Waals surface area (Å²) in [5.41, 5.74) is 0. The Morgan fingerprint density at radius 3 is 1.57 bits per heavy atom. The Morgan fingerprint density at radius 1 is 0.667 bits per heavy atom. The first-order chi connectivity index (χ1) is 10.4. The molecule has 0 aromatic carbocycles. The van der Waals surface area contributed by atoms with Crippen LogP contribution >= 0.6 is 0 Å². The van der Waals surface area contributed by atoms with Crippen LogP contribution in [-0.4, -0.2) is 12.7 Å². The maximum atomic E-state index is 6.06. The van der Waals surface area contributed by atoms with Crippen LogP contribution in [0.15, 0.2) is 12.7 Å². The molecule has 0 bridgehead atoms. The van der Waals surface area contributed by atoms with Gasteiger partial charge in [-0.15, -0.1) is 6.58 Å². The van der Waals surface area contributed by atoms with Crippen LogP contribution in [0.2, 0.25) is 0 Å². The molecule has 0 spiro atoms. The number of hydrogen-bond acceptors (Lipinski definition) is 1. The van der Waals surface area contributed by atoms with E-state index in [2.05, 4.69) is 6.58 Å². The van der Waals surface area contributed by atoms with Crippen LogP contribution < -0.4 is 0 Å². The van der Waals surface area contributed by atoms with Gasteiger partial charge in [-0.05, 0) is 19.3 Å². The largest absolute Gasteiger partial charge is 0.378 e. The van der Waals surface area contributed by atoms with E-state index >= 15 is 0 Å². The summed E-state index contributed by atoms with van der Waals surface area (Å²) in [5.74, 6) is 0. The van der Waals surface area contributed by atoms with Crippen LogP contribution in [0.1, 0.15) is 103 Å². The van der Waals surface area contributed by atoms with Crippen LogP contribution in [0.5, 0.6) is 0 Å².